The summed E-state index contributed by atoms with van der Waals surface area (Å²) in [4.78, 5) is 8.03. The number of hydrogen-bond donors (Lipinski definition) is 2. The van der Waals surface area contributed by atoms with Crippen molar-refractivity contribution in [2.24, 2.45) is 0 Å². The van der Waals surface area contributed by atoms with Crippen molar-refractivity contribution in [3.63, 3.8) is 0 Å². The van der Waals surface area contributed by atoms with E-state index in [1.807, 2.05) is 12.1 Å². The van der Waals surface area contributed by atoms with Crippen LogP contribution in [0.1, 0.15) is 11.1 Å². The van der Waals surface area contributed by atoms with Crippen molar-refractivity contribution >= 4 is 5.82 Å². The zero-order chi connectivity index (χ0) is 13.7. The van der Waals surface area contributed by atoms with E-state index in [-0.39, 0.29) is 0 Å². The molecule has 100 valence electrons. The first-order valence-electron chi connectivity index (χ1n) is 6.05. The van der Waals surface area contributed by atoms with Crippen molar-refractivity contribution in [3.8, 4) is 5.88 Å². The Kier molecular flexibility index (Phi) is 4.30. The summed E-state index contributed by atoms with van der Waals surface area (Å²) in [5.74, 6) is 1.04. The fourth-order valence-electron chi connectivity index (χ4n) is 1.89. The number of aliphatic hydroxyl groups is 1. The number of pyridine rings is 2. The Hall–Kier alpha value is -2.14. The molecular weight excluding hydrogens is 242 g/mol. The molecule has 2 rings (SSSR count). The molecule has 2 aromatic rings. The molecule has 5 nitrogen and oxygen atoms in total. The van der Waals surface area contributed by atoms with Crippen LogP contribution < -0.4 is 10.5 Å². The van der Waals surface area contributed by atoms with Gasteiger partial charge in [-0.1, -0.05) is 6.07 Å². The number of hydrogen-bond acceptors (Lipinski definition) is 5. The van der Waals surface area contributed by atoms with Gasteiger partial charge in [-0.3, -0.25) is 0 Å². The third kappa shape index (κ3) is 3.93. The van der Waals surface area contributed by atoms with Crippen LogP contribution in [0.3, 0.4) is 0 Å². The summed E-state index contributed by atoms with van der Waals surface area (Å²) < 4.78 is 4.99. The van der Waals surface area contributed by atoms with E-state index in [0.29, 0.717) is 24.5 Å². The number of aromatic nitrogens is 2. The zero-order valence-electron chi connectivity index (χ0n) is 10.8. The monoisotopic (exact) mass is 259 g/mol. The third-order valence-electron chi connectivity index (χ3n) is 2.79. The normalized spacial score (nSPS) is 12.1. The van der Waals surface area contributed by atoms with Crippen molar-refractivity contribution < 1.29 is 9.84 Å². The van der Waals surface area contributed by atoms with Gasteiger partial charge in [0.1, 0.15) is 5.82 Å². The lowest BCUT2D eigenvalue weighted by molar-refractivity contribution is 0.175. The highest BCUT2D eigenvalue weighted by molar-refractivity contribution is 5.32. The first-order valence-corrected chi connectivity index (χ1v) is 6.05. The maximum Gasteiger partial charge on any atom is 0.212 e. The number of nitrogens with two attached hydrogens (primary N) is 1. The number of anilines is 1. The van der Waals surface area contributed by atoms with E-state index < -0.39 is 6.10 Å². The van der Waals surface area contributed by atoms with Crippen LogP contribution in [0, 0.1) is 0 Å². The number of ether oxygens (including phenoxy) is 1. The molecule has 2 heterocycles. The molecule has 0 spiro atoms. The quantitative estimate of drug-likeness (QED) is 0.843. The average molecular weight is 259 g/mol. The van der Waals surface area contributed by atoms with Crippen LogP contribution in [0.25, 0.3) is 0 Å². The Morgan fingerprint density at radius 1 is 1.21 bits per heavy atom. The van der Waals surface area contributed by atoms with Crippen LogP contribution >= 0.6 is 0 Å². The van der Waals surface area contributed by atoms with Crippen molar-refractivity contribution in [1.82, 2.24) is 9.97 Å². The maximum atomic E-state index is 10.1. The van der Waals surface area contributed by atoms with Crippen LogP contribution in [-0.2, 0) is 12.8 Å². The number of nitrogen functional groups attached to an aromatic ring is 1. The molecule has 5 heteroatoms. The molecule has 19 heavy (non-hydrogen) atoms. The summed E-state index contributed by atoms with van der Waals surface area (Å²) in [6, 6.07) is 7.31. The minimum Gasteiger partial charge on any atom is -0.481 e. The lowest BCUT2D eigenvalue weighted by Gasteiger charge is -2.11. The molecule has 0 bridgehead atoms. The topological polar surface area (TPSA) is 81.3 Å². The number of aliphatic hydroxyl groups excluding tert-OH is 1. The molecule has 0 aromatic carbocycles. The second-order valence-corrected chi connectivity index (χ2v) is 4.36. The van der Waals surface area contributed by atoms with E-state index >= 15 is 0 Å². The van der Waals surface area contributed by atoms with E-state index in [1.165, 1.54) is 0 Å². The predicted molar refractivity (Wildman–Crippen MR) is 72.9 cm³/mol. The lowest BCUT2D eigenvalue weighted by atomic mass is 10.0. The van der Waals surface area contributed by atoms with Gasteiger partial charge in [-0.15, -0.1) is 0 Å². The van der Waals surface area contributed by atoms with Gasteiger partial charge in [-0.25, -0.2) is 9.97 Å². The van der Waals surface area contributed by atoms with Gasteiger partial charge in [0.05, 0.1) is 13.2 Å². The summed E-state index contributed by atoms with van der Waals surface area (Å²) >= 11 is 0. The van der Waals surface area contributed by atoms with Crippen LogP contribution in [0.15, 0.2) is 36.7 Å². The molecule has 0 saturated heterocycles. The second kappa shape index (κ2) is 6.15. The second-order valence-electron chi connectivity index (χ2n) is 4.36. The number of rotatable bonds is 5. The molecule has 0 aliphatic rings. The smallest absolute Gasteiger partial charge is 0.212 e. The minimum absolute atomic E-state index is 0.468. The highest BCUT2D eigenvalue weighted by Crippen LogP contribution is 2.12. The molecule has 0 radical (unpaired) electrons. The number of methoxy groups -OCH3 is 1. The van der Waals surface area contributed by atoms with E-state index in [0.717, 1.165) is 11.1 Å². The highest BCUT2D eigenvalue weighted by Gasteiger charge is 2.08. The van der Waals surface area contributed by atoms with Crippen LogP contribution in [0.5, 0.6) is 5.88 Å². The Morgan fingerprint density at radius 3 is 2.63 bits per heavy atom. The fraction of sp³-hybridized carbons (Fsp3) is 0.286. The summed E-state index contributed by atoms with van der Waals surface area (Å²) in [6.45, 7) is 0. The van der Waals surface area contributed by atoms with E-state index in [1.54, 1.807) is 31.6 Å². The number of nitrogens with zero attached hydrogens (tertiary/aromatic N) is 2. The van der Waals surface area contributed by atoms with Gasteiger partial charge in [-0.05, 0) is 29.7 Å². The van der Waals surface area contributed by atoms with Crippen LogP contribution in [-0.4, -0.2) is 28.3 Å². The Balaban J connectivity index is 1.95. The van der Waals surface area contributed by atoms with Gasteiger partial charge in [0, 0.05) is 24.9 Å². The largest absolute Gasteiger partial charge is 0.481 e. The van der Waals surface area contributed by atoms with Gasteiger partial charge in [-0.2, -0.15) is 0 Å². The molecule has 0 aliphatic carbocycles. The average Bonchev–Trinajstić information content (AvgIpc) is 2.39. The molecular formula is C14H17N3O2. The molecule has 1 atom stereocenters. The molecule has 3 N–H and O–H groups in total. The van der Waals surface area contributed by atoms with Crippen molar-refractivity contribution in [3.05, 3.63) is 47.8 Å². The predicted octanol–water partition coefficient (Wildman–Crippen LogP) is 1.21. The molecule has 0 saturated carbocycles. The summed E-state index contributed by atoms with van der Waals surface area (Å²) in [7, 11) is 1.57. The summed E-state index contributed by atoms with van der Waals surface area (Å²) in [5, 5.41) is 10.1. The third-order valence-corrected chi connectivity index (χ3v) is 2.79. The van der Waals surface area contributed by atoms with E-state index in [9.17, 15) is 5.11 Å². The van der Waals surface area contributed by atoms with Gasteiger partial charge in [0.25, 0.3) is 0 Å². The van der Waals surface area contributed by atoms with Crippen LogP contribution in [0.4, 0.5) is 5.82 Å². The lowest BCUT2D eigenvalue weighted by Crippen LogP contribution is -2.14. The first kappa shape index (κ1) is 13.3. The SMILES string of the molecule is COc1ccc(CC(O)Cc2ccnc(N)c2)cn1. The van der Waals surface area contributed by atoms with Gasteiger partial charge >= 0.3 is 0 Å². The Morgan fingerprint density at radius 2 is 2.00 bits per heavy atom. The molecule has 0 aliphatic heterocycles. The van der Waals surface area contributed by atoms with Gasteiger partial charge in [0.15, 0.2) is 0 Å². The highest BCUT2D eigenvalue weighted by atomic mass is 16.5. The Labute approximate surface area is 112 Å². The molecule has 0 fully saturated rings. The van der Waals surface area contributed by atoms with E-state index in [4.69, 9.17) is 10.5 Å². The van der Waals surface area contributed by atoms with Gasteiger partial charge in [0.2, 0.25) is 5.88 Å². The summed E-state index contributed by atoms with van der Waals surface area (Å²) in [5.41, 5.74) is 7.54. The van der Waals surface area contributed by atoms with Crippen LogP contribution in [0.2, 0.25) is 0 Å². The van der Waals surface area contributed by atoms with Crippen molar-refractivity contribution in [1.29, 1.82) is 0 Å². The van der Waals surface area contributed by atoms with Crippen molar-refractivity contribution in [2.75, 3.05) is 12.8 Å². The van der Waals surface area contributed by atoms with Gasteiger partial charge < -0.3 is 15.6 Å². The fourth-order valence-corrected chi connectivity index (χ4v) is 1.89. The minimum atomic E-state index is -0.475. The first-order chi connectivity index (χ1) is 9.17. The zero-order valence-corrected chi connectivity index (χ0v) is 10.8. The Bertz CT molecular complexity index is 528. The molecule has 1 unspecified atom stereocenters. The maximum absolute atomic E-state index is 10.1. The summed E-state index contributed by atoms with van der Waals surface area (Å²) in [6.07, 6.45) is 3.96. The molecule has 0 amide bonds. The molecule has 2 aromatic heterocycles. The van der Waals surface area contributed by atoms with E-state index in [2.05, 4.69) is 9.97 Å². The van der Waals surface area contributed by atoms with Crippen molar-refractivity contribution in [2.45, 2.75) is 18.9 Å². The standard InChI is InChI=1S/C14H17N3O2/c1-19-14-3-2-11(9-17-14)7-12(18)6-10-4-5-16-13(15)8-10/h2-5,8-9,12,18H,6-7H2,1H3,(H2,15,16).